The number of hydrogen-bond acceptors (Lipinski definition) is 2. The van der Waals surface area contributed by atoms with Crippen LogP contribution in [0.2, 0.25) is 0 Å². The molecule has 0 aliphatic carbocycles. The Morgan fingerprint density at radius 3 is 2.32 bits per heavy atom. The van der Waals surface area contributed by atoms with E-state index in [1.54, 1.807) is 4.90 Å². The summed E-state index contributed by atoms with van der Waals surface area (Å²) in [6.45, 7) is 0. The van der Waals surface area contributed by atoms with Gasteiger partial charge < -0.3 is 4.90 Å². The van der Waals surface area contributed by atoms with Gasteiger partial charge in [0.15, 0.2) is 0 Å². The van der Waals surface area contributed by atoms with Crippen molar-refractivity contribution in [3.63, 3.8) is 0 Å². The first-order valence-corrected chi connectivity index (χ1v) is 6.97. The van der Waals surface area contributed by atoms with E-state index in [0.717, 1.165) is 11.3 Å². The Morgan fingerprint density at radius 2 is 1.68 bits per heavy atom. The van der Waals surface area contributed by atoms with Crippen molar-refractivity contribution in [3.05, 3.63) is 82.7 Å². The Bertz CT molecular complexity index is 736. The molecule has 5 nitrogen and oxygen atoms in total. The number of rotatable bonds is 4. The number of carbonyl (C=O) groups excluding carboxylic acids is 1. The monoisotopic (exact) mass is 290 g/mol. The number of β-lactam (4-membered cyclic amide) rings is 1. The van der Waals surface area contributed by atoms with Crippen molar-refractivity contribution < 1.29 is 4.79 Å². The fourth-order valence-electron chi connectivity index (χ4n) is 2.52. The number of hydrogen-bond donors (Lipinski definition) is 0. The Balaban J connectivity index is 1.88. The molecule has 3 rings (SSSR count). The van der Waals surface area contributed by atoms with Gasteiger partial charge in [-0.15, -0.1) is 0 Å². The highest BCUT2D eigenvalue weighted by atomic mass is 16.2. The summed E-state index contributed by atoms with van der Waals surface area (Å²) in [4.78, 5) is 16.6. The van der Waals surface area contributed by atoms with Gasteiger partial charge in [-0.05, 0) is 23.2 Å². The summed E-state index contributed by atoms with van der Waals surface area (Å²) in [7, 11) is 0. The number of carbonyl (C=O) groups is 1. The molecule has 22 heavy (non-hydrogen) atoms. The summed E-state index contributed by atoms with van der Waals surface area (Å²) < 4.78 is 0. The summed E-state index contributed by atoms with van der Waals surface area (Å²) in [5.41, 5.74) is 10.5. The van der Waals surface area contributed by atoms with E-state index in [-0.39, 0.29) is 11.9 Å². The first-order valence-electron chi connectivity index (χ1n) is 6.97. The van der Waals surface area contributed by atoms with E-state index in [1.165, 1.54) is 0 Å². The normalized spacial score (nSPS) is 20.5. The smallest absolute Gasteiger partial charge is 0.239 e. The molecule has 5 heteroatoms. The molecule has 2 atom stereocenters. The highest BCUT2D eigenvalue weighted by Gasteiger charge is 2.46. The molecule has 1 saturated heterocycles. The molecule has 0 bridgehead atoms. The van der Waals surface area contributed by atoms with Crippen LogP contribution in [0.4, 0.5) is 5.69 Å². The van der Waals surface area contributed by atoms with Crippen LogP contribution in [-0.2, 0) is 4.79 Å². The highest BCUT2D eigenvalue weighted by Crippen LogP contribution is 2.31. The highest BCUT2D eigenvalue weighted by molar-refractivity contribution is 6.06. The Labute approximate surface area is 128 Å². The minimum atomic E-state index is -0.676. The Hall–Kier alpha value is -3.04. The van der Waals surface area contributed by atoms with Crippen LogP contribution in [0, 0.1) is 0 Å². The molecule has 0 saturated carbocycles. The first kappa shape index (κ1) is 13.9. The second-order valence-corrected chi connectivity index (χ2v) is 4.95. The lowest BCUT2D eigenvalue weighted by molar-refractivity contribution is -0.125. The fraction of sp³-hybridized carbons (Fsp3) is 0.118. The largest absolute Gasteiger partial charge is 0.304 e. The van der Waals surface area contributed by atoms with Crippen molar-refractivity contribution >= 4 is 17.7 Å². The van der Waals surface area contributed by atoms with Gasteiger partial charge in [-0.25, -0.2) is 0 Å². The number of nitrogens with zero attached hydrogens (tertiary/aromatic N) is 4. The Morgan fingerprint density at radius 1 is 1.05 bits per heavy atom. The Kier molecular flexibility index (Phi) is 3.90. The molecule has 0 spiro atoms. The number of benzene rings is 2. The summed E-state index contributed by atoms with van der Waals surface area (Å²) in [6, 6.07) is 18.3. The van der Waals surface area contributed by atoms with Gasteiger partial charge in [-0.3, -0.25) is 4.79 Å². The molecule has 1 heterocycles. The average molecular weight is 290 g/mol. The summed E-state index contributed by atoms with van der Waals surface area (Å²) in [6.07, 6.45) is 3.84. The molecule has 1 aliphatic heterocycles. The van der Waals surface area contributed by atoms with Crippen molar-refractivity contribution in [3.8, 4) is 0 Å². The minimum absolute atomic E-state index is 0.174. The van der Waals surface area contributed by atoms with Gasteiger partial charge in [0.25, 0.3) is 0 Å². The van der Waals surface area contributed by atoms with Crippen LogP contribution in [0.25, 0.3) is 16.5 Å². The van der Waals surface area contributed by atoms with Gasteiger partial charge in [0, 0.05) is 10.6 Å². The quantitative estimate of drug-likeness (QED) is 0.365. The third-order valence-electron chi connectivity index (χ3n) is 3.61. The van der Waals surface area contributed by atoms with E-state index >= 15 is 0 Å². The molecule has 2 aromatic rings. The zero-order chi connectivity index (χ0) is 15.4. The predicted molar refractivity (Wildman–Crippen MR) is 86.1 cm³/mol. The summed E-state index contributed by atoms with van der Waals surface area (Å²) in [5.74, 6) is -0.174. The van der Waals surface area contributed by atoms with Crippen molar-refractivity contribution in [2.75, 3.05) is 4.90 Å². The van der Waals surface area contributed by atoms with Crippen LogP contribution in [0.3, 0.4) is 0 Å². The maximum absolute atomic E-state index is 12.2. The van der Waals surface area contributed by atoms with E-state index < -0.39 is 6.04 Å². The second kappa shape index (κ2) is 6.16. The van der Waals surface area contributed by atoms with Crippen molar-refractivity contribution in [2.45, 2.75) is 12.1 Å². The SMILES string of the molecule is [N-]=[N+]=N[C@@H]1C(=O)N(c2ccccc2)[C@@H]1/C=C/c1ccccc1. The van der Waals surface area contributed by atoms with Gasteiger partial charge >= 0.3 is 0 Å². The maximum atomic E-state index is 12.2. The van der Waals surface area contributed by atoms with E-state index in [1.807, 2.05) is 72.8 Å². The zero-order valence-corrected chi connectivity index (χ0v) is 11.8. The molecule has 2 aromatic carbocycles. The minimum Gasteiger partial charge on any atom is -0.304 e. The number of para-hydroxylation sites is 1. The lowest BCUT2D eigenvalue weighted by Crippen LogP contribution is -2.63. The second-order valence-electron chi connectivity index (χ2n) is 4.95. The van der Waals surface area contributed by atoms with Gasteiger partial charge in [0.2, 0.25) is 5.91 Å². The van der Waals surface area contributed by atoms with E-state index in [9.17, 15) is 4.79 Å². The molecule has 0 radical (unpaired) electrons. The van der Waals surface area contributed by atoms with Crippen LogP contribution < -0.4 is 4.90 Å². The van der Waals surface area contributed by atoms with Crippen molar-refractivity contribution in [2.24, 2.45) is 5.11 Å². The standard InChI is InChI=1S/C17H14N4O/c18-20-19-16-15(12-11-13-7-3-1-4-8-13)21(17(16)22)14-9-5-2-6-10-14/h1-12,15-16H/b12-11+/t15-,16+/m1/s1. The molecular weight excluding hydrogens is 276 g/mol. The van der Waals surface area contributed by atoms with Crippen LogP contribution in [0.15, 0.2) is 71.9 Å². The predicted octanol–water partition coefficient (Wildman–Crippen LogP) is 3.79. The van der Waals surface area contributed by atoms with Gasteiger partial charge in [-0.2, -0.15) is 0 Å². The van der Waals surface area contributed by atoms with Crippen LogP contribution >= 0.6 is 0 Å². The maximum Gasteiger partial charge on any atom is 0.239 e. The van der Waals surface area contributed by atoms with Gasteiger partial charge in [0.05, 0.1) is 6.04 Å². The van der Waals surface area contributed by atoms with Gasteiger partial charge in [0.1, 0.15) is 6.04 Å². The first-order chi connectivity index (χ1) is 10.8. The van der Waals surface area contributed by atoms with E-state index in [0.29, 0.717) is 0 Å². The fourth-order valence-corrected chi connectivity index (χ4v) is 2.52. The molecule has 0 aromatic heterocycles. The van der Waals surface area contributed by atoms with Crippen LogP contribution in [-0.4, -0.2) is 18.0 Å². The number of azide groups is 1. The lowest BCUT2D eigenvalue weighted by atomic mass is 9.93. The molecule has 0 unspecified atom stereocenters. The number of amides is 1. The van der Waals surface area contributed by atoms with Crippen LogP contribution in [0.5, 0.6) is 0 Å². The van der Waals surface area contributed by atoms with Crippen LogP contribution in [0.1, 0.15) is 5.56 Å². The van der Waals surface area contributed by atoms with Crippen molar-refractivity contribution in [1.82, 2.24) is 0 Å². The average Bonchev–Trinajstić information content (AvgIpc) is 2.58. The molecule has 1 fully saturated rings. The van der Waals surface area contributed by atoms with E-state index in [2.05, 4.69) is 10.0 Å². The topological polar surface area (TPSA) is 69.1 Å². The summed E-state index contributed by atoms with van der Waals surface area (Å²) in [5, 5.41) is 3.62. The third-order valence-corrected chi connectivity index (χ3v) is 3.61. The molecule has 0 N–H and O–H groups in total. The molecule has 1 aliphatic rings. The van der Waals surface area contributed by atoms with Crippen molar-refractivity contribution in [1.29, 1.82) is 0 Å². The summed E-state index contributed by atoms with van der Waals surface area (Å²) >= 11 is 0. The molecule has 108 valence electrons. The zero-order valence-electron chi connectivity index (χ0n) is 11.8. The third kappa shape index (κ3) is 2.57. The molecular formula is C17H14N4O. The lowest BCUT2D eigenvalue weighted by Gasteiger charge is -2.43. The van der Waals surface area contributed by atoms with E-state index in [4.69, 9.17) is 5.53 Å². The number of anilines is 1. The van der Waals surface area contributed by atoms with Gasteiger partial charge in [-0.1, -0.05) is 65.8 Å². The molecule has 1 amide bonds.